The Morgan fingerprint density at radius 3 is 1.11 bits per heavy atom. The molecule has 6 N–H and O–H groups in total. The van der Waals surface area contributed by atoms with Crippen molar-refractivity contribution < 1.29 is 66.6 Å². The number of nitrogens with zero attached hydrogens (tertiary/aromatic N) is 8. The molecule has 21 rings (SSSR count). The Bertz CT molecular complexity index is 5870. The number of aromatic amines is 2. The molecule has 140 heavy (non-hydrogen) atoms. The third kappa shape index (κ3) is 18.1. The van der Waals surface area contributed by atoms with Gasteiger partial charge in [0.1, 0.15) is 35.8 Å². The van der Waals surface area contributed by atoms with E-state index in [0.29, 0.717) is 23.7 Å². The minimum Gasteiger partial charge on any atom is -0.453 e. The number of amides is 8. The number of fused-ring (bicyclic) bond motifs is 12. The molecular formula is C110H142BIN14O14. The van der Waals surface area contributed by atoms with Crippen LogP contribution in [0.3, 0.4) is 0 Å². The molecule has 7 aliphatic heterocycles. The summed E-state index contributed by atoms with van der Waals surface area (Å²) in [6.07, 6.45) is 33.8. The van der Waals surface area contributed by atoms with Gasteiger partial charge in [0.05, 0.1) is 87.6 Å². The summed E-state index contributed by atoms with van der Waals surface area (Å²) in [7, 11) is 4.95. The number of allylic oxidation sites excluding steroid dienone is 2. The van der Waals surface area contributed by atoms with Crippen LogP contribution in [-0.4, -0.2) is 206 Å². The first-order chi connectivity index (χ1) is 67.1. The Hall–Kier alpha value is -10.2. The van der Waals surface area contributed by atoms with Crippen LogP contribution in [0.2, 0.25) is 0 Å². The van der Waals surface area contributed by atoms with Crippen LogP contribution in [0.15, 0.2) is 111 Å². The fourth-order valence-electron chi connectivity index (χ4n) is 27.6. The number of H-pyrrole nitrogens is 2. The van der Waals surface area contributed by atoms with Crippen LogP contribution in [0, 0.1) is 47.3 Å². The maximum Gasteiger partial charge on any atom is 0.495 e. The smallest absolute Gasteiger partial charge is 0.453 e. The molecule has 6 saturated carbocycles. The van der Waals surface area contributed by atoms with Gasteiger partial charge in [-0.2, -0.15) is 0 Å². The summed E-state index contributed by atoms with van der Waals surface area (Å²) >= 11 is 2.30. The van der Waals surface area contributed by atoms with Crippen molar-refractivity contribution in [2.24, 2.45) is 57.3 Å². The van der Waals surface area contributed by atoms with Crippen molar-refractivity contribution in [2.45, 2.75) is 345 Å². The molecule has 30 heteroatoms. The molecule has 11 fully saturated rings. The van der Waals surface area contributed by atoms with Crippen molar-refractivity contribution in [1.82, 2.24) is 60.8 Å². The minimum absolute atomic E-state index is 0.000143. The highest BCUT2D eigenvalue weighted by molar-refractivity contribution is 14.1. The Morgan fingerprint density at radius 2 is 0.743 bits per heavy atom. The van der Waals surface area contributed by atoms with Crippen molar-refractivity contribution in [3.63, 3.8) is 0 Å². The van der Waals surface area contributed by atoms with E-state index in [4.69, 9.17) is 43.2 Å². The third-order valence-electron chi connectivity index (χ3n) is 35.3. The summed E-state index contributed by atoms with van der Waals surface area (Å²) in [5, 5.41) is 11.1. The Labute approximate surface area is 837 Å². The maximum absolute atomic E-state index is 14.3. The average molecular weight is 2020 g/mol. The first-order valence-corrected chi connectivity index (χ1v) is 53.0. The number of carbonyl (C=O) groups is 8. The van der Waals surface area contributed by atoms with Gasteiger partial charge in [-0.05, 0) is 309 Å². The number of methoxy groups -OCH3 is 4. The molecule has 28 nitrogen and oxygen atoms in total. The normalized spacial score (nSPS) is 26.9. The molecule has 9 heterocycles. The molecular weight excluding hydrogens is 1880 g/mol. The number of piperidine rings is 4. The van der Waals surface area contributed by atoms with Crippen LogP contribution in [0.5, 0.6) is 0 Å². The number of halogens is 1. The summed E-state index contributed by atoms with van der Waals surface area (Å²) < 4.78 is 33.7. The summed E-state index contributed by atoms with van der Waals surface area (Å²) in [5.74, 6) is 2.72. The lowest BCUT2D eigenvalue weighted by Crippen LogP contribution is -2.57. The van der Waals surface area contributed by atoms with Gasteiger partial charge in [0.25, 0.3) is 0 Å². The largest absolute Gasteiger partial charge is 0.495 e. The number of carbonyl (C=O) groups excluding carboxylic acids is 8. The van der Waals surface area contributed by atoms with Gasteiger partial charge in [0, 0.05) is 64.4 Å². The Kier molecular flexibility index (Phi) is 27.8. The number of likely N-dealkylation sites (tertiary alicyclic amines) is 4. The van der Waals surface area contributed by atoms with E-state index in [9.17, 15) is 38.4 Å². The molecule has 0 radical (unpaired) electrons. The highest BCUT2D eigenvalue weighted by atomic mass is 127. The van der Waals surface area contributed by atoms with E-state index in [-0.39, 0.29) is 125 Å². The number of aromatic nitrogens is 4. The number of alkyl carbamates (subject to hydrolysis) is 4. The second-order valence-electron chi connectivity index (χ2n) is 45.1. The molecule has 6 aromatic rings. The van der Waals surface area contributed by atoms with Crippen molar-refractivity contribution in [3.05, 3.63) is 141 Å². The summed E-state index contributed by atoms with van der Waals surface area (Å²) in [5.41, 5.74) is 20.5. The lowest BCUT2D eigenvalue weighted by atomic mass is 9.70. The number of ether oxygens (including phenoxy) is 4. The second kappa shape index (κ2) is 39.5. The molecule has 16 atom stereocenters. The zero-order valence-electron chi connectivity index (χ0n) is 84.4. The van der Waals surface area contributed by atoms with E-state index < -0.39 is 48.5 Å². The number of rotatable bonds is 22. The van der Waals surface area contributed by atoms with Crippen molar-refractivity contribution in [3.8, 4) is 44.8 Å². The van der Waals surface area contributed by atoms with Gasteiger partial charge in [0.15, 0.2) is 0 Å². The van der Waals surface area contributed by atoms with Gasteiger partial charge in [-0.1, -0.05) is 154 Å². The molecule has 746 valence electrons. The maximum atomic E-state index is 14.3. The number of imidazole rings is 2. The molecule has 8 bridgehead atoms. The zero-order valence-corrected chi connectivity index (χ0v) is 86.6. The van der Waals surface area contributed by atoms with E-state index in [1.165, 1.54) is 157 Å². The highest BCUT2D eigenvalue weighted by Gasteiger charge is 2.59. The number of hydrogen-bond donors (Lipinski definition) is 6. The predicted molar refractivity (Wildman–Crippen MR) is 547 cm³/mol. The fraction of sp³-hybridized carbons (Fsp3) is 0.600. The summed E-state index contributed by atoms with van der Waals surface area (Å²) in [6.45, 7) is 24.1. The van der Waals surface area contributed by atoms with Gasteiger partial charge in [-0.3, -0.25) is 29.2 Å². The molecule has 8 amide bonds. The second-order valence-corrected chi connectivity index (χ2v) is 46.5. The van der Waals surface area contributed by atoms with Crippen molar-refractivity contribution >= 4 is 100 Å². The van der Waals surface area contributed by atoms with Gasteiger partial charge >= 0.3 is 31.5 Å². The minimum atomic E-state index is -0.678. The number of nitrogens with one attached hydrogen (secondary N) is 6. The summed E-state index contributed by atoms with van der Waals surface area (Å²) in [6, 6.07) is 24.9. The highest BCUT2D eigenvalue weighted by Crippen LogP contribution is 2.59. The molecule has 8 unspecified atom stereocenters. The average Bonchev–Trinajstić information content (AvgIpc) is 1.57. The van der Waals surface area contributed by atoms with Gasteiger partial charge < -0.3 is 79.1 Å². The van der Waals surface area contributed by atoms with Gasteiger partial charge in [-0.25, -0.2) is 29.1 Å². The SMILES string of the molecule is COC(=O)N[C@H](C(=O)N1C2CCC(C2)[C@H]1C1=NC=C(I)C1)C(C)C.COC(=O)N[C@H](C(=O)N1C2CCC(C2)[C@H]1C1=NC=C(c2ccc(-c3ccc(-c4cnc([C@@H]5C6CCC(C6)N5C(=O)[C@@H](NC(=O)OC)C(C)C)[nH]4)cc3)c3c2CCC32CCCC2)C1)C(C)C.COC(=O)N[C@H](C(=O)N1C2CCC(C2)[C@H]1c1ncc(-c2ccc(-c3ccc(B4OC(C)(C)C(C)(C)O4)c4c3C3(CCCC3)CC4)cc2)[nH]1)C(C)C. The molecule has 5 saturated heterocycles. The number of benzene rings is 4. The number of aliphatic imine (C=N–C) groups is 2. The third-order valence-corrected chi connectivity index (χ3v) is 35.9. The van der Waals surface area contributed by atoms with Crippen LogP contribution in [-0.2, 0) is 71.1 Å². The molecule has 4 aromatic carbocycles. The van der Waals surface area contributed by atoms with Gasteiger partial charge in [-0.15, -0.1) is 0 Å². The zero-order chi connectivity index (χ0) is 98.6. The topological polar surface area (TPSA) is 335 Å². The van der Waals surface area contributed by atoms with Crippen LogP contribution in [0.1, 0.15) is 289 Å². The Balaban J connectivity index is 0.000000147. The van der Waals surface area contributed by atoms with Crippen LogP contribution < -0.4 is 26.7 Å². The van der Waals surface area contributed by atoms with Crippen LogP contribution in [0.25, 0.3) is 50.3 Å². The summed E-state index contributed by atoms with van der Waals surface area (Å²) in [4.78, 5) is 139. The first-order valence-electron chi connectivity index (χ1n) is 52.0. The Morgan fingerprint density at radius 1 is 0.414 bits per heavy atom. The van der Waals surface area contributed by atoms with E-state index in [2.05, 4.69) is 170 Å². The van der Waals surface area contributed by atoms with Crippen LogP contribution >= 0.6 is 22.6 Å². The van der Waals surface area contributed by atoms with E-state index in [1.54, 1.807) is 0 Å². The van der Waals surface area contributed by atoms with Crippen molar-refractivity contribution in [2.75, 3.05) is 28.4 Å². The molecule has 2 spiro atoms. The predicted octanol–water partition coefficient (Wildman–Crippen LogP) is 19.0. The van der Waals surface area contributed by atoms with E-state index >= 15 is 0 Å². The van der Waals surface area contributed by atoms with Crippen molar-refractivity contribution in [1.29, 1.82) is 0 Å². The lowest BCUT2D eigenvalue weighted by Gasteiger charge is -2.38. The quantitative estimate of drug-likeness (QED) is 0.0209. The van der Waals surface area contributed by atoms with E-state index in [0.717, 1.165) is 148 Å². The molecule has 2 aromatic heterocycles. The standard InChI is InChI=1S/C52H65N7O6.C41H53BN4O5.C17H24IN3O3/c1-28(2)43(56-50(62)64-5)48(60)58-35-15-13-32(23-35)45(58)40-25-34(26-53-40)37-17-18-38(42-39(37)19-22-52(42)20-7-8-21-52)30-9-11-31(12-10-30)41-27-54-47(55-41)46-33-14-16-36(24-33)59(46)49(61)44(29(3)4)57-51(63)65-6;1-24(2)34(45-38(48)49-7)37(47)46-28-15-14-27(22-28)35(46)36-43-23-32(44-36)26-12-10-25(11-13-26)29-16-17-31(42-50-39(3,4)40(5,6)51-42)30-18-21-41(33(29)30)19-8-9-20-41;1-9(2)14(20-17(23)24-3)16(22)21-12-5-4-10(6-12)15(21)13-7-11(18)8-19-13/h9-12,17-18,26-29,32-33,35-36,43-46H,7-8,13-16,19-25H2,1-6H3,(H,54,55)(H,56,62)(H,57,63);10-13,16-17,23-24,27-28,34-35H,8-9,14-15,18-22H2,1-7H3,(H,43,44)(H,45,48);8-10,12,14-15H,4-7H2,1-3H3,(H,20,23)/t32?,33?,35?,36?,43-,44-,45-,46-;27?,28?,34-,35-;10?,12?,14-,15-/m000/s1. The molecule has 8 aliphatic carbocycles. The van der Waals surface area contributed by atoms with E-state index in [1.807, 2.05) is 88.7 Å². The molecule has 15 aliphatic rings. The monoisotopic (exact) mass is 2020 g/mol. The van der Waals surface area contributed by atoms with Crippen LogP contribution in [0.4, 0.5) is 19.2 Å². The lowest BCUT2D eigenvalue weighted by molar-refractivity contribution is -0.140. The van der Waals surface area contributed by atoms with Gasteiger partial charge in [0.2, 0.25) is 23.6 Å². The fourth-order valence-corrected chi connectivity index (χ4v) is 28.2. The number of hydrogen-bond acceptors (Lipinski definition) is 18. The first kappa shape index (κ1) is 98.6.